The average molecular weight is 773 g/mol. The molecule has 6 nitrogen and oxygen atoms in total. The van der Waals surface area contributed by atoms with Gasteiger partial charge in [-0.15, -0.1) is 0 Å². The van der Waals surface area contributed by atoms with Gasteiger partial charge in [-0.25, -0.2) is 9.97 Å². The molecule has 3 aromatic carbocycles. The molecule has 0 bridgehead atoms. The molecule has 1 aromatic heterocycles. The van der Waals surface area contributed by atoms with Gasteiger partial charge in [-0.2, -0.15) is 52.7 Å². The summed E-state index contributed by atoms with van der Waals surface area (Å²) in [7, 11) is 4.15. The van der Waals surface area contributed by atoms with E-state index in [9.17, 15) is 57.5 Å². The Labute approximate surface area is 293 Å². The van der Waals surface area contributed by atoms with E-state index in [4.69, 9.17) is 4.74 Å². The molecule has 0 atom stereocenters. The maximum Gasteiger partial charge on any atom is 0.416 e. The molecule has 1 amide bonds. The maximum absolute atomic E-state index is 13.3. The summed E-state index contributed by atoms with van der Waals surface area (Å²) in [6.07, 6.45) is -16.5. The van der Waals surface area contributed by atoms with Crippen LogP contribution in [0.5, 0.6) is 5.75 Å². The van der Waals surface area contributed by atoms with Crippen molar-refractivity contribution >= 4 is 17.7 Å². The smallest absolute Gasteiger partial charge is 0.416 e. The molecular weight excluding hydrogens is 744 g/mol. The first kappa shape index (κ1) is 41.9. The number of hydrogen-bond acceptors (Lipinski definition) is 6. The van der Waals surface area contributed by atoms with Gasteiger partial charge in [-0.3, -0.25) is 4.79 Å². The van der Waals surface area contributed by atoms with Crippen LogP contribution in [-0.4, -0.2) is 48.2 Å². The number of alkyl halides is 12. The minimum atomic E-state index is -4.99. The zero-order chi connectivity index (χ0) is 39.2. The van der Waals surface area contributed by atoms with E-state index in [1.165, 1.54) is 39.2 Å². The third-order valence-electron chi connectivity index (χ3n) is 6.98. The monoisotopic (exact) mass is 772 g/mol. The van der Waals surface area contributed by atoms with Gasteiger partial charge in [-0.1, -0.05) is 23.9 Å². The molecule has 0 fully saturated rings. The molecule has 0 saturated heterocycles. The number of nitrogens with zero attached hydrogens (tertiary/aromatic N) is 3. The van der Waals surface area contributed by atoms with Crippen molar-refractivity contribution in [1.29, 1.82) is 0 Å². The number of ether oxygens (including phenoxy) is 1. The van der Waals surface area contributed by atoms with Crippen LogP contribution in [-0.2, 0) is 37.8 Å². The van der Waals surface area contributed by atoms with Crippen molar-refractivity contribution in [3.63, 3.8) is 0 Å². The lowest BCUT2D eigenvalue weighted by atomic mass is 10.0. The molecule has 0 unspecified atom stereocenters. The summed E-state index contributed by atoms with van der Waals surface area (Å²) in [6.45, 7) is -0.575. The van der Waals surface area contributed by atoms with Crippen LogP contribution in [0.25, 0.3) is 11.3 Å². The number of para-hydroxylation sites is 1. The van der Waals surface area contributed by atoms with E-state index in [-0.39, 0.29) is 41.1 Å². The van der Waals surface area contributed by atoms with E-state index < -0.39 is 59.4 Å². The number of carbonyl (C=O) groups is 1. The first-order valence-electron chi connectivity index (χ1n) is 14.5. The Morgan fingerprint density at radius 1 is 0.769 bits per heavy atom. The average Bonchev–Trinajstić information content (AvgIpc) is 3.06. The standard InChI is InChI=1S/C23H19F6N3O2S.C10H9F6N/c1-32(12-13-8-14(22(24,25)26)10-15(9-13)23(27,28)29)20(33)17-11-30-21(35-3)31-19(17)16-6-4-5-7-18(16)34-2;1-17-5-6-2-7(9(11,12)13)4-8(3-6)10(14,15)16/h4-11H,12H2,1-3H3;2-4,17H,5H2,1H3. The summed E-state index contributed by atoms with van der Waals surface area (Å²) < 4.78 is 159. The van der Waals surface area contributed by atoms with Gasteiger partial charge in [0.05, 0.1) is 40.6 Å². The van der Waals surface area contributed by atoms with Crippen LogP contribution in [0.3, 0.4) is 0 Å². The lowest BCUT2D eigenvalue weighted by Gasteiger charge is -2.21. The van der Waals surface area contributed by atoms with Gasteiger partial charge in [0.1, 0.15) is 5.75 Å². The van der Waals surface area contributed by atoms with Crippen LogP contribution < -0.4 is 10.1 Å². The Morgan fingerprint density at radius 2 is 1.23 bits per heavy atom. The van der Waals surface area contributed by atoms with Gasteiger partial charge >= 0.3 is 24.7 Å². The second-order valence-electron chi connectivity index (χ2n) is 10.8. The van der Waals surface area contributed by atoms with Gasteiger partial charge in [0.15, 0.2) is 5.16 Å². The number of carbonyl (C=O) groups excluding carboxylic acids is 1. The lowest BCUT2D eigenvalue weighted by molar-refractivity contribution is -0.144. The molecule has 19 heteroatoms. The zero-order valence-electron chi connectivity index (χ0n) is 27.4. The third kappa shape index (κ3) is 11.0. The second kappa shape index (κ2) is 16.4. The number of benzene rings is 3. The van der Waals surface area contributed by atoms with E-state index in [0.29, 0.717) is 40.7 Å². The first-order valence-corrected chi connectivity index (χ1v) is 15.7. The Kier molecular flexibility index (Phi) is 13.2. The fourth-order valence-electron chi connectivity index (χ4n) is 4.65. The van der Waals surface area contributed by atoms with Crippen molar-refractivity contribution in [2.24, 2.45) is 0 Å². The highest BCUT2D eigenvalue weighted by Crippen LogP contribution is 2.38. The number of nitrogens with one attached hydrogen (secondary N) is 1. The van der Waals surface area contributed by atoms with Crippen molar-refractivity contribution in [3.8, 4) is 17.0 Å². The molecule has 4 rings (SSSR count). The minimum Gasteiger partial charge on any atom is -0.496 e. The van der Waals surface area contributed by atoms with Crippen LogP contribution >= 0.6 is 11.8 Å². The summed E-state index contributed by atoms with van der Waals surface area (Å²) in [5, 5.41) is 2.87. The van der Waals surface area contributed by atoms with Gasteiger partial charge in [0.25, 0.3) is 5.91 Å². The van der Waals surface area contributed by atoms with E-state index in [2.05, 4.69) is 15.3 Å². The van der Waals surface area contributed by atoms with Gasteiger partial charge in [0, 0.05) is 31.9 Å². The Morgan fingerprint density at radius 3 is 1.65 bits per heavy atom. The highest BCUT2D eigenvalue weighted by Gasteiger charge is 2.38. The van der Waals surface area contributed by atoms with E-state index in [1.807, 2.05) is 0 Å². The number of amides is 1. The van der Waals surface area contributed by atoms with Crippen LogP contribution in [0.2, 0.25) is 0 Å². The fourth-order valence-corrected chi connectivity index (χ4v) is 4.99. The van der Waals surface area contributed by atoms with E-state index in [1.54, 1.807) is 30.5 Å². The van der Waals surface area contributed by atoms with Crippen molar-refractivity contribution in [1.82, 2.24) is 20.2 Å². The lowest BCUT2D eigenvalue weighted by Crippen LogP contribution is -2.27. The van der Waals surface area contributed by atoms with Crippen molar-refractivity contribution in [2.45, 2.75) is 43.0 Å². The quantitative estimate of drug-likeness (QED) is 0.109. The molecule has 0 aliphatic carbocycles. The van der Waals surface area contributed by atoms with Crippen molar-refractivity contribution in [2.75, 3.05) is 27.5 Å². The largest absolute Gasteiger partial charge is 0.496 e. The molecular formula is C33H28F12N4O2S. The molecule has 4 aromatic rings. The summed E-state index contributed by atoms with van der Waals surface area (Å²) >= 11 is 1.23. The topological polar surface area (TPSA) is 67.3 Å². The third-order valence-corrected chi connectivity index (χ3v) is 7.55. The first-order chi connectivity index (χ1) is 24.0. The number of aromatic nitrogens is 2. The number of halogens is 12. The minimum absolute atomic E-state index is 0.0119. The van der Waals surface area contributed by atoms with Crippen LogP contribution in [0.15, 0.2) is 72.0 Å². The molecule has 1 heterocycles. The number of hydrogen-bond donors (Lipinski definition) is 1. The molecule has 52 heavy (non-hydrogen) atoms. The number of thioether (sulfide) groups is 1. The molecule has 0 aliphatic rings. The van der Waals surface area contributed by atoms with Gasteiger partial charge in [0.2, 0.25) is 0 Å². The Hall–Kier alpha value is -4.52. The predicted octanol–water partition coefficient (Wildman–Crippen LogP) is 9.63. The van der Waals surface area contributed by atoms with Gasteiger partial charge in [-0.05, 0) is 73.0 Å². The fraction of sp³-hybridized carbons (Fsp3) is 0.303. The highest BCUT2D eigenvalue weighted by atomic mass is 32.2. The zero-order valence-corrected chi connectivity index (χ0v) is 28.2. The Bertz CT molecular complexity index is 1790. The van der Waals surface area contributed by atoms with Crippen LogP contribution in [0, 0.1) is 0 Å². The summed E-state index contributed by atoms with van der Waals surface area (Å²) in [6, 6.07) is 9.49. The number of rotatable bonds is 8. The molecule has 0 spiro atoms. The SMILES string of the molecule is CNCc1cc(C(F)(F)F)cc(C(F)(F)F)c1.COc1ccccc1-c1nc(SC)ncc1C(=O)N(C)Cc1cc(C(F)(F)F)cc(C(F)(F)F)c1. The molecule has 0 saturated carbocycles. The second-order valence-corrected chi connectivity index (χ2v) is 11.6. The van der Waals surface area contributed by atoms with E-state index >= 15 is 0 Å². The normalized spacial score (nSPS) is 12.2. The van der Waals surface area contributed by atoms with Gasteiger partial charge < -0.3 is 15.0 Å². The molecule has 1 N–H and O–H groups in total. The van der Waals surface area contributed by atoms with Crippen molar-refractivity contribution in [3.05, 3.63) is 106 Å². The van der Waals surface area contributed by atoms with Crippen LogP contribution in [0.1, 0.15) is 43.7 Å². The molecule has 282 valence electrons. The van der Waals surface area contributed by atoms with Crippen molar-refractivity contribution < 1.29 is 62.2 Å². The van der Waals surface area contributed by atoms with E-state index in [0.717, 1.165) is 4.90 Å². The van der Waals surface area contributed by atoms with Crippen LogP contribution in [0.4, 0.5) is 52.7 Å². The molecule has 0 aliphatic heterocycles. The molecule has 0 radical (unpaired) electrons. The predicted molar refractivity (Wildman–Crippen MR) is 167 cm³/mol. The maximum atomic E-state index is 13.3. The summed E-state index contributed by atoms with van der Waals surface area (Å²) in [5.41, 5.74) is -5.18. The number of methoxy groups -OCH3 is 1. The summed E-state index contributed by atoms with van der Waals surface area (Å²) in [4.78, 5) is 22.8. The summed E-state index contributed by atoms with van der Waals surface area (Å²) in [5.74, 6) is -0.271. The Balaban J connectivity index is 0.000000359. The highest BCUT2D eigenvalue weighted by molar-refractivity contribution is 7.98.